The lowest BCUT2D eigenvalue weighted by Crippen LogP contribution is -2.46. The van der Waals surface area contributed by atoms with E-state index in [1.807, 2.05) is 20.8 Å². The van der Waals surface area contributed by atoms with E-state index in [9.17, 15) is 12.8 Å². The molecule has 0 amide bonds. The van der Waals surface area contributed by atoms with Crippen LogP contribution >= 0.6 is 11.6 Å². The second-order valence-corrected chi connectivity index (χ2v) is 9.56. The highest BCUT2D eigenvalue weighted by Crippen LogP contribution is 2.29. The lowest BCUT2D eigenvalue weighted by molar-refractivity contribution is 0.502. The van der Waals surface area contributed by atoms with E-state index in [-0.39, 0.29) is 23.0 Å². The molecule has 5 nitrogen and oxygen atoms in total. The Morgan fingerprint density at radius 1 is 1.40 bits per heavy atom. The number of guanidine groups is 1. The van der Waals surface area contributed by atoms with Crippen molar-refractivity contribution in [1.29, 1.82) is 0 Å². The first-order valence-electron chi connectivity index (χ1n) is 8.05. The van der Waals surface area contributed by atoms with Gasteiger partial charge in [-0.2, -0.15) is 0 Å². The highest BCUT2D eigenvalue weighted by atomic mass is 35.5. The van der Waals surface area contributed by atoms with Crippen LogP contribution in [0.25, 0.3) is 0 Å². The number of sulfone groups is 1. The number of benzene rings is 1. The summed E-state index contributed by atoms with van der Waals surface area (Å²) in [6.45, 7) is 6.43. The van der Waals surface area contributed by atoms with Crippen LogP contribution in [0.3, 0.4) is 0 Å². The SMILES string of the molecule is CN=C(NCC(C)(C)c1ccc(F)cc1Cl)NC(C)CCS(C)(=O)=O. The fourth-order valence-corrected chi connectivity index (χ4v) is 3.53. The van der Waals surface area contributed by atoms with Gasteiger partial charge in [0.1, 0.15) is 15.7 Å². The molecule has 1 unspecified atom stereocenters. The second-order valence-electron chi connectivity index (χ2n) is 6.90. The fraction of sp³-hybridized carbons (Fsp3) is 0.588. The van der Waals surface area contributed by atoms with Gasteiger partial charge in [0.15, 0.2) is 5.96 Å². The topological polar surface area (TPSA) is 70.6 Å². The maximum atomic E-state index is 13.2. The summed E-state index contributed by atoms with van der Waals surface area (Å²) in [6, 6.07) is 4.34. The van der Waals surface area contributed by atoms with Crippen molar-refractivity contribution < 1.29 is 12.8 Å². The van der Waals surface area contributed by atoms with Crippen molar-refractivity contribution in [3.63, 3.8) is 0 Å². The average Bonchev–Trinajstić information content (AvgIpc) is 2.48. The van der Waals surface area contributed by atoms with E-state index < -0.39 is 9.84 Å². The van der Waals surface area contributed by atoms with Gasteiger partial charge in [0.2, 0.25) is 0 Å². The number of nitrogens with zero attached hydrogens (tertiary/aromatic N) is 1. The molecular formula is C17H27ClFN3O2S. The molecule has 0 aromatic heterocycles. The zero-order valence-corrected chi connectivity index (χ0v) is 16.9. The minimum absolute atomic E-state index is 0.0431. The van der Waals surface area contributed by atoms with Gasteiger partial charge in [-0.25, -0.2) is 12.8 Å². The molecule has 0 saturated carbocycles. The Kier molecular flexibility index (Phi) is 7.68. The van der Waals surface area contributed by atoms with Gasteiger partial charge in [-0.05, 0) is 31.0 Å². The van der Waals surface area contributed by atoms with E-state index >= 15 is 0 Å². The van der Waals surface area contributed by atoms with Crippen LogP contribution in [-0.4, -0.2) is 46.0 Å². The zero-order valence-electron chi connectivity index (χ0n) is 15.4. The van der Waals surface area contributed by atoms with Crippen LogP contribution in [0.5, 0.6) is 0 Å². The summed E-state index contributed by atoms with van der Waals surface area (Å²) in [6.07, 6.45) is 1.72. The molecule has 2 N–H and O–H groups in total. The summed E-state index contributed by atoms with van der Waals surface area (Å²) in [5, 5.41) is 6.77. The third-order valence-electron chi connectivity index (χ3n) is 3.89. The number of hydrogen-bond acceptors (Lipinski definition) is 3. The van der Waals surface area contributed by atoms with Gasteiger partial charge >= 0.3 is 0 Å². The van der Waals surface area contributed by atoms with Gasteiger partial charge < -0.3 is 10.6 Å². The van der Waals surface area contributed by atoms with E-state index in [4.69, 9.17) is 11.6 Å². The number of rotatable bonds is 7. The predicted molar refractivity (Wildman–Crippen MR) is 103 cm³/mol. The Morgan fingerprint density at radius 3 is 2.56 bits per heavy atom. The summed E-state index contributed by atoms with van der Waals surface area (Å²) >= 11 is 6.16. The minimum atomic E-state index is -2.99. The van der Waals surface area contributed by atoms with Crippen LogP contribution in [0.4, 0.5) is 4.39 Å². The van der Waals surface area contributed by atoms with E-state index in [0.717, 1.165) is 5.56 Å². The van der Waals surface area contributed by atoms with Crippen molar-refractivity contribution in [3.05, 3.63) is 34.6 Å². The molecule has 0 aliphatic heterocycles. The van der Waals surface area contributed by atoms with Gasteiger partial charge in [0, 0.05) is 36.3 Å². The molecule has 0 spiro atoms. The summed E-state index contributed by atoms with van der Waals surface area (Å²) in [5.74, 6) is 0.330. The van der Waals surface area contributed by atoms with E-state index in [1.54, 1.807) is 13.1 Å². The maximum Gasteiger partial charge on any atom is 0.191 e. The lowest BCUT2D eigenvalue weighted by atomic mass is 9.84. The summed E-state index contributed by atoms with van der Waals surface area (Å²) in [7, 11) is -1.34. The largest absolute Gasteiger partial charge is 0.356 e. The first-order valence-corrected chi connectivity index (χ1v) is 10.5. The molecule has 8 heteroatoms. The quantitative estimate of drug-likeness (QED) is 0.553. The second kappa shape index (κ2) is 8.85. The molecule has 1 rings (SSSR count). The zero-order chi connectivity index (χ0) is 19.3. The first kappa shape index (κ1) is 21.7. The smallest absolute Gasteiger partial charge is 0.191 e. The Morgan fingerprint density at radius 2 is 2.04 bits per heavy atom. The highest BCUT2D eigenvalue weighted by molar-refractivity contribution is 7.90. The Labute approximate surface area is 155 Å². The van der Waals surface area contributed by atoms with Crippen molar-refractivity contribution in [3.8, 4) is 0 Å². The van der Waals surface area contributed by atoms with Crippen molar-refractivity contribution >= 4 is 27.4 Å². The molecule has 1 atom stereocenters. The lowest BCUT2D eigenvalue weighted by Gasteiger charge is -2.28. The number of halogens is 2. The van der Waals surface area contributed by atoms with Crippen LogP contribution in [0.15, 0.2) is 23.2 Å². The van der Waals surface area contributed by atoms with Gasteiger partial charge in [0.25, 0.3) is 0 Å². The monoisotopic (exact) mass is 391 g/mol. The first-order chi connectivity index (χ1) is 11.4. The summed E-state index contributed by atoms with van der Waals surface area (Å²) < 4.78 is 35.7. The summed E-state index contributed by atoms with van der Waals surface area (Å²) in [4.78, 5) is 4.16. The van der Waals surface area contributed by atoms with E-state index in [1.165, 1.54) is 18.4 Å². The minimum Gasteiger partial charge on any atom is -0.356 e. The number of nitrogens with one attached hydrogen (secondary N) is 2. The molecule has 142 valence electrons. The van der Waals surface area contributed by atoms with Gasteiger partial charge in [-0.3, -0.25) is 4.99 Å². The van der Waals surface area contributed by atoms with Gasteiger partial charge in [0.05, 0.1) is 5.75 Å². The fourth-order valence-electron chi connectivity index (χ4n) is 2.33. The van der Waals surface area contributed by atoms with E-state index in [2.05, 4.69) is 15.6 Å². The van der Waals surface area contributed by atoms with Crippen molar-refractivity contribution in [1.82, 2.24) is 10.6 Å². The highest BCUT2D eigenvalue weighted by Gasteiger charge is 2.24. The molecule has 0 saturated heterocycles. The molecule has 0 bridgehead atoms. The van der Waals surface area contributed by atoms with Crippen molar-refractivity contribution in [2.75, 3.05) is 25.6 Å². The third kappa shape index (κ3) is 7.61. The van der Waals surface area contributed by atoms with Crippen molar-refractivity contribution in [2.45, 2.75) is 38.6 Å². The molecule has 1 aromatic carbocycles. The normalized spacial score (nSPS) is 14.3. The molecule has 1 aromatic rings. The van der Waals surface area contributed by atoms with Gasteiger partial charge in [-0.1, -0.05) is 31.5 Å². The van der Waals surface area contributed by atoms with Gasteiger partial charge in [-0.15, -0.1) is 0 Å². The van der Waals surface area contributed by atoms with Crippen molar-refractivity contribution in [2.24, 2.45) is 4.99 Å². The molecule has 25 heavy (non-hydrogen) atoms. The Hall–Kier alpha value is -1.34. The van der Waals surface area contributed by atoms with E-state index in [0.29, 0.717) is 23.9 Å². The molecule has 0 fully saturated rings. The maximum absolute atomic E-state index is 13.2. The average molecular weight is 392 g/mol. The van der Waals surface area contributed by atoms with Crippen LogP contribution < -0.4 is 10.6 Å². The molecule has 0 aliphatic carbocycles. The standard InChI is InChI=1S/C17H27ClFN3O2S/c1-12(8-9-25(5,23)24)22-16(20-4)21-11-17(2,3)14-7-6-13(19)10-15(14)18/h6-7,10,12H,8-9,11H2,1-5H3,(H2,20,21,22). The molecule has 0 heterocycles. The third-order valence-corrected chi connectivity index (χ3v) is 5.18. The van der Waals surface area contributed by atoms with Crippen LogP contribution in [0.2, 0.25) is 5.02 Å². The van der Waals surface area contributed by atoms with Crippen LogP contribution in [0, 0.1) is 5.82 Å². The summed E-state index contributed by atoms with van der Waals surface area (Å²) in [5.41, 5.74) is 0.488. The number of hydrogen-bond donors (Lipinski definition) is 2. The van der Waals surface area contributed by atoms with Crippen LogP contribution in [-0.2, 0) is 15.3 Å². The molecule has 0 aliphatic rings. The molecule has 0 radical (unpaired) electrons. The Balaban J connectivity index is 2.66. The molecular weight excluding hydrogens is 365 g/mol. The Bertz CT molecular complexity index is 721. The number of aliphatic imine (C=N–C) groups is 1. The predicted octanol–water partition coefficient (Wildman–Crippen LogP) is 2.74. The van der Waals surface area contributed by atoms with Crippen LogP contribution in [0.1, 0.15) is 32.8 Å².